The van der Waals surface area contributed by atoms with Crippen LogP contribution in [0.1, 0.15) is 10.5 Å². The number of aliphatic hydroxyl groups excluding tert-OH is 1. The van der Waals surface area contributed by atoms with Crippen LogP contribution < -0.4 is 5.48 Å². The Morgan fingerprint density at radius 1 is 1.62 bits per heavy atom. The second-order valence-corrected chi connectivity index (χ2v) is 2.22. The van der Waals surface area contributed by atoms with E-state index in [1.54, 1.807) is 18.2 Å². The molecule has 1 heterocycles. The third kappa shape index (κ3) is 3.18. The molecule has 13 heavy (non-hydrogen) atoms. The van der Waals surface area contributed by atoms with Gasteiger partial charge in [0.2, 0.25) is 0 Å². The summed E-state index contributed by atoms with van der Waals surface area (Å²) >= 11 is 0. The van der Waals surface area contributed by atoms with E-state index in [9.17, 15) is 4.79 Å². The number of hydrogen-bond acceptors (Lipinski definition) is 4. The first-order valence-corrected chi connectivity index (χ1v) is 3.78. The van der Waals surface area contributed by atoms with Crippen LogP contribution in [0.5, 0.6) is 0 Å². The molecule has 1 aromatic heterocycles. The summed E-state index contributed by atoms with van der Waals surface area (Å²) in [6, 6.07) is 4.98. The Labute approximate surface area is 75.3 Å². The van der Waals surface area contributed by atoms with Gasteiger partial charge in [-0.05, 0) is 12.1 Å². The van der Waals surface area contributed by atoms with Crippen molar-refractivity contribution < 1.29 is 14.7 Å². The highest BCUT2D eigenvalue weighted by atomic mass is 16.7. The summed E-state index contributed by atoms with van der Waals surface area (Å²) in [6.45, 7) is -0.0684. The number of aliphatic hydroxyl groups is 1. The van der Waals surface area contributed by atoms with Gasteiger partial charge in [0.1, 0.15) is 5.69 Å². The number of carbonyl (C=O) groups excluding carboxylic acids is 1. The van der Waals surface area contributed by atoms with E-state index in [0.717, 1.165) is 0 Å². The average Bonchev–Trinajstić information content (AvgIpc) is 2.19. The van der Waals surface area contributed by atoms with Crippen molar-refractivity contribution in [2.75, 3.05) is 13.2 Å². The van der Waals surface area contributed by atoms with Gasteiger partial charge in [0.15, 0.2) is 0 Å². The average molecular weight is 182 g/mol. The lowest BCUT2D eigenvalue weighted by atomic mass is 10.3. The second-order valence-electron chi connectivity index (χ2n) is 2.22. The van der Waals surface area contributed by atoms with Gasteiger partial charge in [0.05, 0.1) is 13.2 Å². The van der Waals surface area contributed by atoms with Crippen LogP contribution in [0.15, 0.2) is 24.4 Å². The summed E-state index contributed by atoms with van der Waals surface area (Å²) in [6.07, 6.45) is 1.51. The molecule has 0 aliphatic heterocycles. The van der Waals surface area contributed by atoms with Crippen LogP contribution in [0, 0.1) is 0 Å². The summed E-state index contributed by atoms with van der Waals surface area (Å²) in [4.78, 5) is 19.6. The smallest absolute Gasteiger partial charge is 0.293 e. The molecule has 5 nitrogen and oxygen atoms in total. The van der Waals surface area contributed by atoms with Crippen LogP contribution in [-0.4, -0.2) is 29.2 Å². The molecule has 2 N–H and O–H groups in total. The zero-order chi connectivity index (χ0) is 9.52. The maximum Gasteiger partial charge on any atom is 0.293 e. The number of nitrogens with one attached hydrogen (secondary N) is 1. The van der Waals surface area contributed by atoms with E-state index in [1.807, 2.05) is 0 Å². The molecular weight excluding hydrogens is 172 g/mol. The molecule has 1 rings (SSSR count). The van der Waals surface area contributed by atoms with Gasteiger partial charge < -0.3 is 5.11 Å². The Balaban J connectivity index is 2.40. The molecule has 0 aromatic carbocycles. The Morgan fingerprint density at radius 2 is 2.46 bits per heavy atom. The van der Waals surface area contributed by atoms with Gasteiger partial charge in [-0.2, -0.15) is 0 Å². The van der Waals surface area contributed by atoms with Gasteiger partial charge in [-0.3, -0.25) is 14.6 Å². The van der Waals surface area contributed by atoms with Crippen LogP contribution in [0.3, 0.4) is 0 Å². The van der Waals surface area contributed by atoms with E-state index in [4.69, 9.17) is 5.11 Å². The second kappa shape index (κ2) is 5.23. The number of hydrogen-bond donors (Lipinski definition) is 2. The first-order chi connectivity index (χ1) is 6.34. The predicted octanol–water partition coefficient (Wildman–Crippen LogP) is -0.265. The van der Waals surface area contributed by atoms with E-state index in [1.165, 1.54) is 6.20 Å². The molecular formula is C8H10N2O3. The van der Waals surface area contributed by atoms with Crippen LogP contribution >= 0.6 is 0 Å². The summed E-state index contributed by atoms with van der Waals surface area (Å²) in [7, 11) is 0. The molecule has 1 aromatic rings. The highest BCUT2D eigenvalue weighted by Gasteiger charge is 2.04. The Hall–Kier alpha value is -1.46. The SMILES string of the molecule is O=C(NOCCO)c1ccccn1. The largest absolute Gasteiger partial charge is 0.394 e. The van der Waals surface area contributed by atoms with Crippen LogP contribution in [0.4, 0.5) is 0 Å². The van der Waals surface area contributed by atoms with Crippen molar-refractivity contribution in [2.45, 2.75) is 0 Å². The Bertz CT molecular complexity index is 263. The minimum Gasteiger partial charge on any atom is -0.394 e. The molecule has 0 spiro atoms. The van der Waals surface area contributed by atoms with E-state index in [2.05, 4.69) is 15.3 Å². The molecule has 0 fully saturated rings. The number of rotatable bonds is 4. The fourth-order valence-electron chi connectivity index (χ4n) is 0.712. The zero-order valence-corrected chi connectivity index (χ0v) is 6.93. The van der Waals surface area contributed by atoms with Crippen molar-refractivity contribution in [3.05, 3.63) is 30.1 Å². The lowest BCUT2D eigenvalue weighted by molar-refractivity contribution is 0.0165. The van der Waals surface area contributed by atoms with Gasteiger partial charge in [0.25, 0.3) is 5.91 Å². The zero-order valence-electron chi connectivity index (χ0n) is 6.93. The number of nitrogens with zero attached hydrogens (tertiary/aromatic N) is 1. The maximum absolute atomic E-state index is 11.1. The van der Waals surface area contributed by atoms with Crippen molar-refractivity contribution in [3.8, 4) is 0 Å². The van der Waals surface area contributed by atoms with Crippen LogP contribution in [-0.2, 0) is 4.84 Å². The Morgan fingerprint density at radius 3 is 3.08 bits per heavy atom. The normalized spacial score (nSPS) is 9.62. The molecule has 0 radical (unpaired) electrons. The highest BCUT2D eigenvalue weighted by Crippen LogP contribution is 1.91. The molecule has 0 unspecified atom stereocenters. The number of aromatic nitrogens is 1. The number of carbonyl (C=O) groups is 1. The fourth-order valence-corrected chi connectivity index (χ4v) is 0.712. The van der Waals surface area contributed by atoms with Crippen molar-refractivity contribution in [1.29, 1.82) is 0 Å². The topological polar surface area (TPSA) is 71.5 Å². The van der Waals surface area contributed by atoms with Crippen molar-refractivity contribution in [3.63, 3.8) is 0 Å². The summed E-state index contributed by atoms with van der Waals surface area (Å²) in [5, 5.41) is 8.36. The van der Waals surface area contributed by atoms with Gasteiger partial charge in [-0.15, -0.1) is 0 Å². The lowest BCUT2D eigenvalue weighted by Crippen LogP contribution is -2.25. The van der Waals surface area contributed by atoms with E-state index in [-0.39, 0.29) is 18.9 Å². The minimum absolute atomic E-state index is 0.0680. The first-order valence-electron chi connectivity index (χ1n) is 3.78. The van der Waals surface area contributed by atoms with Crippen molar-refractivity contribution in [2.24, 2.45) is 0 Å². The van der Waals surface area contributed by atoms with E-state index in [0.29, 0.717) is 0 Å². The first kappa shape index (κ1) is 9.63. The third-order valence-corrected chi connectivity index (χ3v) is 1.26. The summed E-state index contributed by atoms with van der Waals surface area (Å²) < 4.78 is 0. The number of hydroxylamine groups is 1. The summed E-state index contributed by atoms with van der Waals surface area (Å²) in [5.74, 6) is -0.422. The quantitative estimate of drug-likeness (QED) is 0.497. The predicted molar refractivity (Wildman–Crippen MR) is 44.7 cm³/mol. The summed E-state index contributed by atoms with van der Waals surface area (Å²) in [5.41, 5.74) is 2.42. The van der Waals surface area contributed by atoms with Gasteiger partial charge in [-0.1, -0.05) is 6.07 Å². The fraction of sp³-hybridized carbons (Fsp3) is 0.250. The van der Waals surface area contributed by atoms with Crippen LogP contribution in [0.25, 0.3) is 0 Å². The monoisotopic (exact) mass is 182 g/mol. The molecule has 0 bridgehead atoms. The third-order valence-electron chi connectivity index (χ3n) is 1.26. The molecule has 0 aliphatic rings. The Kier molecular flexibility index (Phi) is 3.87. The standard InChI is InChI=1S/C8H10N2O3/c11-5-6-13-10-8(12)7-3-1-2-4-9-7/h1-4,11H,5-6H2,(H,10,12). The van der Waals surface area contributed by atoms with Crippen molar-refractivity contribution >= 4 is 5.91 Å². The molecule has 70 valence electrons. The van der Waals surface area contributed by atoms with E-state index < -0.39 is 5.91 Å². The highest BCUT2D eigenvalue weighted by molar-refractivity contribution is 5.91. The van der Waals surface area contributed by atoms with Crippen molar-refractivity contribution in [1.82, 2.24) is 10.5 Å². The van der Waals surface area contributed by atoms with Gasteiger partial charge >= 0.3 is 0 Å². The molecule has 0 atom stereocenters. The molecule has 0 saturated carbocycles. The molecule has 0 saturated heterocycles. The lowest BCUT2D eigenvalue weighted by Gasteiger charge is -2.02. The maximum atomic E-state index is 11.1. The number of amides is 1. The van der Waals surface area contributed by atoms with Gasteiger partial charge in [0, 0.05) is 6.20 Å². The molecule has 1 amide bonds. The minimum atomic E-state index is -0.422. The number of pyridine rings is 1. The van der Waals surface area contributed by atoms with E-state index >= 15 is 0 Å². The molecule has 5 heteroatoms. The molecule has 0 aliphatic carbocycles. The van der Waals surface area contributed by atoms with Gasteiger partial charge in [-0.25, -0.2) is 5.48 Å². The van der Waals surface area contributed by atoms with Crippen LogP contribution in [0.2, 0.25) is 0 Å².